The molecular weight excluding hydrogens is 755 g/mol. The molecule has 2 N–H and O–H groups in total. The number of fused-ring (bicyclic) bond motifs is 1. The van der Waals surface area contributed by atoms with Gasteiger partial charge in [0.15, 0.2) is 5.84 Å². The maximum absolute atomic E-state index is 13.9. The van der Waals surface area contributed by atoms with E-state index in [-0.39, 0.29) is 50.4 Å². The summed E-state index contributed by atoms with van der Waals surface area (Å²) in [6.45, 7) is 9.55. The van der Waals surface area contributed by atoms with Gasteiger partial charge in [0.1, 0.15) is 17.8 Å². The van der Waals surface area contributed by atoms with E-state index in [4.69, 9.17) is 28.0 Å². The van der Waals surface area contributed by atoms with Gasteiger partial charge in [-0.15, -0.1) is 0 Å². The molecule has 16 nitrogen and oxygen atoms in total. The second kappa shape index (κ2) is 20.4. The van der Waals surface area contributed by atoms with Gasteiger partial charge < -0.3 is 19.3 Å². The number of hydrogen-bond acceptors (Lipinski definition) is 13. The van der Waals surface area contributed by atoms with Crippen LogP contribution in [0.1, 0.15) is 94.1 Å². The van der Waals surface area contributed by atoms with Crippen LogP contribution < -0.4 is 15.3 Å². The van der Waals surface area contributed by atoms with Crippen molar-refractivity contribution < 1.29 is 46.8 Å². The summed E-state index contributed by atoms with van der Waals surface area (Å²) in [7, 11) is -3.83. The van der Waals surface area contributed by atoms with Crippen LogP contribution in [0.5, 0.6) is 5.75 Å². The van der Waals surface area contributed by atoms with E-state index in [9.17, 15) is 23.7 Å². The molecule has 308 valence electrons. The number of nitrogens with zero attached hydrogens (tertiary/aromatic N) is 4. The van der Waals surface area contributed by atoms with Crippen LogP contribution in [-0.4, -0.2) is 85.1 Å². The second-order valence-corrected chi connectivity index (χ2v) is 15.6. The largest absolute Gasteiger partial charge is 0.530 e. The van der Waals surface area contributed by atoms with Crippen molar-refractivity contribution in [2.45, 2.75) is 92.0 Å². The molecule has 0 saturated heterocycles. The minimum atomic E-state index is -3.83. The minimum Gasteiger partial charge on any atom is -0.428 e. The lowest BCUT2D eigenvalue weighted by Gasteiger charge is -2.26. The highest BCUT2D eigenvalue weighted by Crippen LogP contribution is 2.50. The van der Waals surface area contributed by atoms with Gasteiger partial charge in [-0.05, 0) is 86.9 Å². The number of unbranched alkanes of at least 4 members (excludes halogenated alkanes) is 2. The second-order valence-electron chi connectivity index (χ2n) is 14.0. The summed E-state index contributed by atoms with van der Waals surface area (Å²) in [5.41, 5.74) is 6.77. The fourth-order valence-corrected chi connectivity index (χ4v) is 7.19. The summed E-state index contributed by atoms with van der Waals surface area (Å²) in [5.74, 6) is -1.43. The molecule has 1 unspecified atom stereocenters. The molecule has 1 aliphatic carbocycles. The van der Waals surface area contributed by atoms with E-state index in [0.717, 1.165) is 36.1 Å². The molecule has 17 heteroatoms. The van der Waals surface area contributed by atoms with Gasteiger partial charge in [0.25, 0.3) is 5.91 Å². The molecule has 1 saturated carbocycles. The zero-order valence-corrected chi connectivity index (χ0v) is 34.2. The predicted octanol–water partition coefficient (Wildman–Crippen LogP) is 6.91. The van der Waals surface area contributed by atoms with Crippen molar-refractivity contribution >= 4 is 49.6 Å². The Morgan fingerprint density at radius 3 is 2.32 bits per heavy atom. The molecule has 2 aromatic carbocycles. The van der Waals surface area contributed by atoms with Crippen molar-refractivity contribution in [3.8, 4) is 5.75 Å². The van der Waals surface area contributed by atoms with E-state index >= 15 is 0 Å². The van der Waals surface area contributed by atoms with Crippen molar-refractivity contribution in [1.82, 2.24) is 20.7 Å². The minimum absolute atomic E-state index is 0.0825. The number of nitrogens with one attached hydrogen (secondary N) is 2. The van der Waals surface area contributed by atoms with Crippen LogP contribution in [0, 0.1) is 12.8 Å². The number of phosphoric ester groups is 1. The maximum atomic E-state index is 13.9. The van der Waals surface area contributed by atoms with Gasteiger partial charge in [0.05, 0.1) is 37.8 Å². The van der Waals surface area contributed by atoms with Crippen molar-refractivity contribution in [2.24, 2.45) is 15.9 Å². The number of aryl methyl sites for hydroxylation is 1. The molecule has 2 aliphatic heterocycles. The molecular formula is C40H53N6O10P. The number of amides is 3. The van der Waals surface area contributed by atoms with Crippen LogP contribution in [0.4, 0.5) is 10.5 Å². The van der Waals surface area contributed by atoms with Gasteiger partial charge >= 0.3 is 19.9 Å². The molecule has 0 bridgehead atoms. The third-order valence-electron chi connectivity index (χ3n) is 9.37. The highest BCUT2D eigenvalue weighted by atomic mass is 31.2. The molecule has 0 aromatic heterocycles. The summed E-state index contributed by atoms with van der Waals surface area (Å²) in [6.07, 6.45) is 5.94. The average molecular weight is 809 g/mol. The number of hydrogen-bond donors (Lipinski definition) is 2. The molecule has 2 aromatic rings. The fraction of sp³-hybridized carbons (Fsp3) is 0.500. The average Bonchev–Trinajstić information content (AvgIpc) is 3.94. The Morgan fingerprint density at radius 2 is 1.67 bits per heavy atom. The third-order valence-corrected chi connectivity index (χ3v) is 10.8. The van der Waals surface area contributed by atoms with Gasteiger partial charge in [0.2, 0.25) is 12.7 Å². The third kappa shape index (κ3) is 12.0. The SMILES string of the molecule is CCCCOP(=O)(OCCCC)Oc1ccc(CC(=O)OCOC(=O)N(CCC)C(=O)C2CN3NC=NC(=Nc4cc(C(=O)NC5CC5)ccc4C)C3=C2C)cc1. The summed E-state index contributed by atoms with van der Waals surface area (Å²) in [5, 5.41) is 4.74. The van der Waals surface area contributed by atoms with Crippen LogP contribution in [0.25, 0.3) is 0 Å². The quantitative estimate of drug-likeness (QED) is 0.0610. The number of benzene rings is 2. The number of amidine groups is 1. The van der Waals surface area contributed by atoms with E-state index in [2.05, 4.69) is 15.7 Å². The van der Waals surface area contributed by atoms with E-state index in [0.29, 0.717) is 53.2 Å². The molecule has 3 aliphatic rings. The lowest BCUT2D eigenvalue weighted by molar-refractivity contribution is -0.152. The van der Waals surface area contributed by atoms with Gasteiger partial charge in [-0.3, -0.25) is 33.9 Å². The monoisotopic (exact) mass is 808 g/mol. The van der Waals surface area contributed by atoms with Crippen LogP contribution in [0.2, 0.25) is 0 Å². The number of rotatable bonds is 20. The normalized spacial score (nSPS) is 16.9. The van der Waals surface area contributed by atoms with Crippen LogP contribution in [-0.2, 0) is 39.1 Å². The number of ether oxygens (including phenoxy) is 2. The first-order chi connectivity index (χ1) is 27.4. The number of aliphatic imine (C=N–C) groups is 2. The number of carbonyl (C=O) groups is 4. The number of esters is 1. The van der Waals surface area contributed by atoms with Crippen molar-refractivity contribution in [3.05, 3.63) is 70.4 Å². The summed E-state index contributed by atoms with van der Waals surface area (Å²) >= 11 is 0. The number of phosphoric acid groups is 1. The Labute approximate surface area is 333 Å². The van der Waals surface area contributed by atoms with Crippen LogP contribution in [0.3, 0.4) is 0 Å². The Hall–Kier alpha value is -5.05. The molecule has 5 rings (SSSR count). The zero-order chi connectivity index (χ0) is 41.0. The first-order valence-corrected chi connectivity index (χ1v) is 21.0. The van der Waals surface area contributed by atoms with Gasteiger partial charge in [-0.2, -0.15) is 0 Å². The van der Waals surface area contributed by atoms with E-state index in [1.54, 1.807) is 48.3 Å². The molecule has 2 heterocycles. The maximum Gasteiger partial charge on any atom is 0.530 e. The predicted molar refractivity (Wildman–Crippen MR) is 213 cm³/mol. The Bertz CT molecular complexity index is 1900. The first-order valence-electron chi connectivity index (χ1n) is 19.5. The molecule has 0 spiro atoms. The zero-order valence-electron chi connectivity index (χ0n) is 33.3. The highest BCUT2D eigenvalue weighted by molar-refractivity contribution is 7.48. The van der Waals surface area contributed by atoms with Crippen molar-refractivity contribution in [3.63, 3.8) is 0 Å². The number of imide groups is 1. The molecule has 0 radical (unpaired) electrons. The summed E-state index contributed by atoms with van der Waals surface area (Å²) < 4.78 is 40.1. The summed E-state index contributed by atoms with van der Waals surface area (Å²) in [6, 6.07) is 11.9. The van der Waals surface area contributed by atoms with E-state index in [1.165, 1.54) is 6.34 Å². The summed E-state index contributed by atoms with van der Waals surface area (Å²) in [4.78, 5) is 62.7. The van der Waals surface area contributed by atoms with Gasteiger partial charge in [0, 0.05) is 18.2 Å². The van der Waals surface area contributed by atoms with Crippen molar-refractivity contribution in [1.29, 1.82) is 0 Å². The lowest BCUT2D eigenvalue weighted by Crippen LogP contribution is -2.45. The van der Waals surface area contributed by atoms with E-state index in [1.807, 2.05) is 33.8 Å². The van der Waals surface area contributed by atoms with Crippen LogP contribution >= 0.6 is 7.82 Å². The number of hydrazine groups is 1. The molecule has 57 heavy (non-hydrogen) atoms. The fourth-order valence-electron chi connectivity index (χ4n) is 5.92. The van der Waals surface area contributed by atoms with Gasteiger partial charge in [-0.25, -0.2) is 24.2 Å². The topological polar surface area (TPSA) is 187 Å². The highest BCUT2D eigenvalue weighted by Gasteiger charge is 2.41. The Balaban J connectivity index is 1.16. The first kappa shape index (κ1) is 43.1. The Kier molecular flexibility index (Phi) is 15.4. The standard InChI is InChI=1S/C40H53N6O10P/c1-6-9-20-54-57(51,55-21-10-7-2)56-32-17-12-29(13-18-32)22-35(47)52-26-53-40(50)45(19-8-3)39(49)33-24-46-36(28(33)5)37(41-25-42-46)44-34-23-30(14-11-27(34)4)38(48)43-31-15-16-31/h11-14,17-18,23,25,31,33H,6-10,15-16,19-22,24,26H2,1-5H3,(H,43,48)(H,41,42,44). The smallest absolute Gasteiger partial charge is 0.428 e. The lowest BCUT2D eigenvalue weighted by atomic mass is 10.0. The molecule has 3 amide bonds. The number of carbonyl (C=O) groups excluding carboxylic acids is 4. The molecule has 1 fully saturated rings. The van der Waals surface area contributed by atoms with Gasteiger partial charge in [-0.1, -0.05) is 51.8 Å². The Morgan fingerprint density at radius 1 is 0.965 bits per heavy atom. The van der Waals surface area contributed by atoms with Crippen LogP contribution in [0.15, 0.2) is 63.7 Å². The van der Waals surface area contributed by atoms with Crippen molar-refractivity contribution in [2.75, 3.05) is 33.1 Å². The molecule has 1 atom stereocenters. The van der Waals surface area contributed by atoms with E-state index < -0.39 is 38.5 Å².